The first-order valence-corrected chi connectivity index (χ1v) is 7.24. The number of hydrogen-bond donors (Lipinski definition) is 2. The zero-order valence-corrected chi connectivity index (χ0v) is 12.2. The fourth-order valence-corrected chi connectivity index (χ4v) is 2.64. The number of carbonyl (C=O) groups excluding carboxylic acids is 2. The maximum atomic E-state index is 12.0. The molecule has 110 valence electrons. The molecular formula is C14H27N3O2. The first-order chi connectivity index (χ1) is 9.03. The molecule has 0 unspecified atom stereocenters. The normalized spacial score (nSPS) is 17.8. The Morgan fingerprint density at radius 2 is 1.89 bits per heavy atom. The summed E-state index contributed by atoms with van der Waals surface area (Å²) < 4.78 is 0. The zero-order valence-electron chi connectivity index (χ0n) is 12.2. The van der Waals surface area contributed by atoms with Crippen LogP contribution >= 0.6 is 0 Å². The van der Waals surface area contributed by atoms with Crippen molar-refractivity contribution in [2.75, 3.05) is 26.7 Å². The van der Waals surface area contributed by atoms with E-state index in [1.807, 2.05) is 6.92 Å². The highest BCUT2D eigenvalue weighted by atomic mass is 16.2. The number of nitrogens with two attached hydrogens (primary N) is 1. The molecule has 1 saturated carbocycles. The average Bonchev–Trinajstić information content (AvgIpc) is 2.44. The Kier molecular flexibility index (Phi) is 6.28. The van der Waals surface area contributed by atoms with Crippen LogP contribution in [0.5, 0.6) is 0 Å². The van der Waals surface area contributed by atoms with Crippen molar-refractivity contribution in [2.24, 2.45) is 11.1 Å². The molecule has 2 amide bonds. The van der Waals surface area contributed by atoms with Crippen LogP contribution in [0.25, 0.3) is 0 Å². The molecule has 0 heterocycles. The number of carbonyl (C=O) groups is 2. The molecule has 1 aliphatic rings. The van der Waals surface area contributed by atoms with Gasteiger partial charge < -0.3 is 16.0 Å². The SMILES string of the molecule is CCN(C)C(=O)CNC(=O)CC1(CN)CCCCC1. The van der Waals surface area contributed by atoms with Crippen LogP contribution in [0, 0.1) is 5.41 Å². The third-order valence-corrected chi connectivity index (χ3v) is 4.22. The number of rotatable bonds is 6. The maximum Gasteiger partial charge on any atom is 0.241 e. The van der Waals surface area contributed by atoms with Crippen molar-refractivity contribution >= 4 is 11.8 Å². The van der Waals surface area contributed by atoms with Crippen LogP contribution in [-0.4, -0.2) is 43.4 Å². The summed E-state index contributed by atoms with van der Waals surface area (Å²) in [5, 5.41) is 2.72. The molecule has 5 nitrogen and oxygen atoms in total. The van der Waals surface area contributed by atoms with Crippen molar-refractivity contribution in [3.63, 3.8) is 0 Å². The largest absolute Gasteiger partial charge is 0.347 e. The predicted octanol–water partition coefficient (Wildman–Crippen LogP) is 0.880. The van der Waals surface area contributed by atoms with Crippen LogP contribution in [0.1, 0.15) is 45.4 Å². The molecule has 0 aromatic carbocycles. The Hall–Kier alpha value is -1.10. The number of nitrogens with zero attached hydrogens (tertiary/aromatic N) is 1. The highest BCUT2D eigenvalue weighted by molar-refractivity contribution is 5.84. The Bertz CT molecular complexity index is 312. The van der Waals surface area contributed by atoms with E-state index in [4.69, 9.17) is 5.73 Å². The van der Waals surface area contributed by atoms with E-state index >= 15 is 0 Å². The molecule has 1 aliphatic carbocycles. The van der Waals surface area contributed by atoms with Gasteiger partial charge in [0, 0.05) is 20.0 Å². The lowest BCUT2D eigenvalue weighted by atomic mass is 9.71. The quantitative estimate of drug-likeness (QED) is 0.751. The fourth-order valence-electron chi connectivity index (χ4n) is 2.64. The molecule has 0 spiro atoms. The molecule has 0 aliphatic heterocycles. The molecule has 0 radical (unpaired) electrons. The highest BCUT2D eigenvalue weighted by Crippen LogP contribution is 2.38. The molecule has 1 rings (SSSR count). The van der Waals surface area contributed by atoms with E-state index in [2.05, 4.69) is 5.32 Å². The van der Waals surface area contributed by atoms with Crippen LogP contribution in [0.3, 0.4) is 0 Å². The minimum absolute atomic E-state index is 0.0396. The topological polar surface area (TPSA) is 75.4 Å². The summed E-state index contributed by atoms with van der Waals surface area (Å²) in [7, 11) is 1.73. The second-order valence-corrected chi connectivity index (χ2v) is 5.63. The van der Waals surface area contributed by atoms with Crippen molar-refractivity contribution in [3.05, 3.63) is 0 Å². The monoisotopic (exact) mass is 269 g/mol. The third-order valence-electron chi connectivity index (χ3n) is 4.22. The minimum atomic E-state index is -0.0544. The molecule has 0 aromatic rings. The van der Waals surface area contributed by atoms with Gasteiger partial charge in [-0.2, -0.15) is 0 Å². The molecule has 19 heavy (non-hydrogen) atoms. The van der Waals surface area contributed by atoms with Gasteiger partial charge in [-0.15, -0.1) is 0 Å². The summed E-state index contributed by atoms with van der Waals surface area (Å²) in [6.45, 7) is 3.21. The van der Waals surface area contributed by atoms with Crippen LogP contribution in [0.15, 0.2) is 0 Å². The Labute approximate surface area is 115 Å². The maximum absolute atomic E-state index is 12.0. The fraction of sp³-hybridized carbons (Fsp3) is 0.857. The molecule has 0 bridgehead atoms. The Morgan fingerprint density at radius 3 is 2.42 bits per heavy atom. The van der Waals surface area contributed by atoms with Crippen molar-refractivity contribution in [1.29, 1.82) is 0 Å². The van der Waals surface area contributed by atoms with Gasteiger partial charge in [-0.1, -0.05) is 19.3 Å². The van der Waals surface area contributed by atoms with Crippen LogP contribution in [0.4, 0.5) is 0 Å². The molecular weight excluding hydrogens is 242 g/mol. The van der Waals surface area contributed by atoms with Gasteiger partial charge in [-0.05, 0) is 31.7 Å². The summed E-state index contributed by atoms with van der Waals surface area (Å²) >= 11 is 0. The second kappa shape index (κ2) is 7.48. The molecule has 0 saturated heterocycles. The van der Waals surface area contributed by atoms with Gasteiger partial charge in [0.25, 0.3) is 0 Å². The first-order valence-electron chi connectivity index (χ1n) is 7.24. The van der Waals surface area contributed by atoms with Crippen molar-refractivity contribution in [1.82, 2.24) is 10.2 Å². The second-order valence-electron chi connectivity index (χ2n) is 5.63. The molecule has 1 fully saturated rings. The molecule has 0 aromatic heterocycles. The molecule has 0 atom stereocenters. The van der Waals surface area contributed by atoms with Crippen LogP contribution in [0.2, 0.25) is 0 Å². The summed E-state index contributed by atoms with van der Waals surface area (Å²) in [6, 6.07) is 0. The Balaban J connectivity index is 2.39. The third kappa shape index (κ3) is 4.82. The van der Waals surface area contributed by atoms with Gasteiger partial charge >= 0.3 is 0 Å². The number of likely N-dealkylation sites (N-methyl/N-ethyl adjacent to an activating group) is 1. The minimum Gasteiger partial charge on any atom is -0.347 e. The summed E-state index contributed by atoms with van der Waals surface area (Å²) in [6.07, 6.45) is 6.05. The summed E-state index contributed by atoms with van der Waals surface area (Å²) in [5.41, 5.74) is 5.82. The zero-order chi connectivity index (χ0) is 14.3. The van der Waals surface area contributed by atoms with Gasteiger partial charge in [0.05, 0.1) is 6.54 Å². The number of hydrogen-bond acceptors (Lipinski definition) is 3. The van der Waals surface area contributed by atoms with Crippen molar-refractivity contribution < 1.29 is 9.59 Å². The average molecular weight is 269 g/mol. The summed E-state index contributed by atoms with van der Waals surface area (Å²) in [4.78, 5) is 25.2. The lowest BCUT2D eigenvalue weighted by molar-refractivity contribution is -0.132. The van der Waals surface area contributed by atoms with E-state index < -0.39 is 0 Å². The summed E-state index contributed by atoms with van der Waals surface area (Å²) in [5.74, 6) is -0.105. The lowest BCUT2D eigenvalue weighted by Crippen LogP contribution is -2.42. The smallest absolute Gasteiger partial charge is 0.241 e. The predicted molar refractivity (Wildman–Crippen MR) is 75.5 cm³/mol. The van der Waals surface area contributed by atoms with E-state index in [9.17, 15) is 9.59 Å². The van der Waals surface area contributed by atoms with E-state index in [0.29, 0.717) is 19.5 Å². The number of amides is 2. The van der Waals surface area contributed by atoms with E-state index in [1.165, 1.54) is 6.42 Å². The standard InChI is InChI=1S/C14H27N3O2/c1-3-17(2)13(19)10-16-12(18)9-14(11-15)7-5-4-6-8-14/h3-11,15H2,1-2H3,(H,16,18). The van der Waals surface area contributed by atoms with Gasteiger partial charge in [-0.3, -0.25) is 9.59 Å². The Morgan fingerprint density at radius 1 is 1.26 bits per heavy atom. The lowest BCUT2D eigenvalue weighted by Gasteiger charge is -2.35. The van der Waals surface area contributed by atoms with Crippen LogP contribution < -0.4 is 11.1 Å². The van der Waals surface area contributed by atoms with Crippen molar-refractivity contribution in [2.45, 2.75) is 45.4 Å². The highest BCUT2D eigenvalue weighted by Gasteiger charge is 2.32. The van der Waals surface area contributed by atoms with Crippen LogP contribution in [-0.2, 0) is 9.59 Å². The van der Waals surface area contributed by atoms with E-state index in [0.717, 1.165) is 25.7 Å². The van der Waals surface area contributed by atoms with E-state index in [-0.39, 0.29) is 23.8 Å². The molecule has 5 heteroatoms. The van der Waals surface area contributed by atoms with Gasteiger partial charge in [0.15, 0.2) is 0 Å². The first kappa shape index (κ1) is 16.0. The molecule has 3 N–H and O–H groups in total. The number of nitrogens with one attached hydrogen (secondary N) is 1. The van der Waals surface area contributed by atoms with Gasteiger partial charge in [0.2, 0.25) is 11.8 Å². The van der Waals surface area contributed by atoms with Gasteiger partial charge in [0.1, 0.15) is 0 Å². The van der Waals surface area contributed by atoms with Gasteiger partial charge in [-0.25, -0.2) is 0 Å². The van der Waals surface area contributed by atoms with Crippen molar-refractivity contribution in [3.8, 4) is 0 Å². The van der Waals surface area contributed by atoms with E-state index in [1.54, 1.807) is 11.9 Å².